The van der Waals surface area contributed by atoms with Crippen molar-refractivity contribution in [2.24, 2.45) is 5.16 Å². The van der Waals surface area contributed by atoms with Crippen LogP contribution in [0.25, 0.3) is 0 Å². The van der Waals surface area contributed by atoms with Crippen molar-refractivity contribution in [2.45, 2.75) is 38.5 Å². The van der Waals surface area contributed by atoms with Crippen molar-refractivity contribution in [2.75, 3.05) is 0 Å². The molecule has 1 aliphatic carbocycles. The number of hydrogen-bond donors (Lipinski definition) is 0. The Morgan fingerprint density at radius 3 is 2.50 bits per heavy atom. The van der Waals surface area contributed by atoms with Gasteiger partial charge in [0.2, 0.25) is 0 Å². The third-order valence-electron chi connectivity index (χ3n) is 3.06. The number of benzene rings is 1. The summed E-state index contributed by atoms with van der Waals surface area (Å²) >= 11 is 0. The molecular formula is C15H15F3NO. The molecule has 0 saturated carbocycles. The largest absolute Gasteiger partial charge is 0.416 e. The van der Waals surface area contributed by atoms with E-state index in [1.807, 2.05) is 0 Å². The Labute approximate surface area is 115 Å². The minimum atomic E-state index is -4.31. The molecule has 1 aromatic carbocycles. The van der Waals surface area contributed by atoms with Gasteiger partial charge in [0.1, 0.15) is 12.8 Å². The van der Waals surface area contributed by atoms with Crippen molar-refractivity contribution in [1.82, 2.24) is 0 Å². The average molecular weight is 282 g/mol. The van der Waals surface area contributed by atoms with Crippen molar-refractivity contribution in [3.05, 3.63) is 47.0 Å². The lowest BCUT2D eigenvalue weighted by atomic mass is 10.0. The molecule has 0 heterocycles. The zero-order valence-corrected chi connectivity index (χ0v) is 10.9. The molecule has 2 rings (SSSR count). The predicted octanol–water partition coefficient (Wildman–Crippen LogP) is 4.59. The van der Waals surface area contributed by atoms with Crippen LogP contribution in [0.3, 0.4) is 0 Å². The second-order valence-electron chi connectivity index (χ2n) is 4.65. The van der Waals surface area contributed by atoms with Crippen LogP contribution in [0.4, 0.5) is 13.2 Å². The molecule has 1 aliphatic rings. The lowest BCUT2D eigenvalue weighted by Gasteiger charge is -2.07. The molecule has 0 N–H and O–H groups in total. The zero-order chi connectivity index (χ0) is 14.4. The highest BCUT2D eigenvalue weighted by atomic mass is 19.4. The first-order valence-electron chi connectivity index (χ1n) is 6.49. The van der Waals surface area contributed by atoms with E-state index in [0.29, 0.717) is 5.56 Å². The van der Waals surface area contributed by atoms with E-state index in [9.17, 15) is 13.2 Å². The van der Waals surface area contributed by atoms with E-state index in [2.05, 4.69) is 17.4 Å². The highest BCUT2D eigenvalue weighted by Gasteiger charge is 2.29. The molecule has 20 heavy (non-hydrogen) atoms. The van der Waals surface area contributed by atoms with Crippen LogP contribution in [0.15, 0.2) is 41.1 Å². The fourth-order valence-corrected chi connectivity index (χ4v) is 1.93. The monoisotopic (exact) mass is 282 g/mol. The molecular weight excluding hydrogens is 267 g/mol. The Morgan fingerprint density at radius 2 is 1.90 bits per heavy atom. The topological polar surface area (TPSA) is 21.6 Å². The van der Waals surface area contributed by atoms with Gasteiger partial charge in [-0.1, -0.05) is 23.4 Å². The second-order valence-corrected chi connectivity index (χ2v) is 4.65. The fourth-order valence-electron chi connectivity index (χ4n) is 1.93. The van der Waals surface area contributed by atoms with Crippen molar-refractivity contribution in [1.29, 1.82) is 0 Å². The highest BCUT2D eigenvalue weighted by molar-refractivity contribution is 5.78. The summed E-state index contributed by atoms with van der Waals surface area (Å²) < 4.78 is 37.1. The van der Waals surface area contributed by atoms with Crippen LogP contribution in [0.5, 0.6) is 0 Å². The van der Waals surface area contributed by atoms with Crippen molar-refractivity contribution in [3.8, 4) is 0 Å². The first-order chi connectivity index (χ1) is 9.55. The standard InChI is InChI=1S/C15H15F3NO/c16-15(17,18)14-8-6-13(7-9-14)11-20-19-10-12-4-2-1-3-5-12/h4,6-9H,1-3,5,11H2. The summed E-state index contributed by atoms with van der Waals surface area (Å²) in [5.41, 5.74) is 1.01. The minimum absolute atomic E-state index is 0.137. The molecule has 0 spiro atoms. The first-order valence-corrected chi connectivity index (χ1v) is 6.49. The van der Waals surface area contributed by atoms with Gasteiger partial charge >= 0.3 is 6.18 Å². The van der Waals surface area contributed by atoms with Crippen molar-refractivity contribution < 1.29 is 18.0 Å². The molecule has 0 saturated heterocycles. The summed E-state index contributed by atoms with van der Waals surface area (Å²) in [5, 5.41) is 3.72. The average Bonchev–Trinajstić information content (AvgIpc) is 2.44. The van der Waals surface area contributed by atoms with Gasteiger partial charge < -0.3 is 4.84 Å². The molecule has 1 radical (unpaired) electrons. The van der Waals surface area contributed by atoms with Gasteiger partial charge in [0.05, 0.1) is 5.56 Å². The van der Waals surface area contributed by atoms with Gasteiger partial charge in [0, 0.05) is 0 Å². The highest BCUT2D eigenvalue weighted by Crippen LogP contribution is 2.29. The van der Waals surface area contributed by atoms with Gasteiger partial charge in [-0.3, -0.25) is 0 Å². The van der Waals surface area contributed by atoms with Gasteiger partial charge in [-0.25, -0.2) is 0 Å². The molecule has 0 bridgehead atoms. The van der Waals surface area contributed by atoms with Gasteiger partial charge in [-0.2, -0.15) is 13.2 Å². The van der Waals surface area contributed by atoms with E-state index in [1.165, 1.54) is 18.6 Å². The van der Waals surface area contributed by atoms with Gasteiger partial charge in [0.15, 0.2) is 0 Å². The van der Waals surface area contributed by atoms with E-state index in [4.69, 9.17) is 4.84 Å². The van der Waals surface area contributed by atoms with Gasteiger partial charge in [-0.05, 0) is 49.0 Å². The molecule has 0 aliphatic heterocycles. The summed E-state index contributed by atoms with van der Waals surface area (Å²) in [6.07, 6.45) is 4.90. The maximum Gasteiger partial charge on any atom is 0.416 e. The quantitative estimate of drug-likeness (QED) is 0.585. The number of hydrogen-bond acceptors (Lipinski definition) is 2. The maximum atomic E-state index is 12.4. The Hall–Kier alpha value is -1.78. The van der Waals surface area contributed by atoms with Crippen LogP contribution in [-0.2, 0) is 17.6 Å². The maximum absolute atomic E-state index is 12.4. The van der Waals surface area contributed by atoms with E-state index in [0.717, 1.165) is 37.0 Å². The molecule has 0 amide bonds. The third kappa shape index (κ3) is 4.40. The Kier molecular flexibility index (Phi) is 4.82. The second kappa shape index (κ2) is 6.59. The van der Waals surface area contributed by atoms with Crippen LogP contribution in [-0.4, -0.2) is 6.21 Å². The molecule has 107 valence electrons. The van der Waals surface area contributed by atoms with E-state index >= 15 is 0 Å². The summed E-state index contributed by atoms with van der Waals surface area (Å²) in [7, 11) is 0. The lowest BCUT2D eigenvalue weighted by Crippen LogP contribution is -2.04. The number of alkyl halides is 3. The number of rotatable bonds is 4. The number of nitrogens with zero attached hydrogens (tertiary/aromatic N) is 1. The van der Waals surface area contributed by atoms with Gasteiger partial charge in [-0.15, -0.1) is 0 Å². The lowest BCUT2D eigenvalue weighted by molar-refractivity contribution is -0.137. The molecule has 5 heteroatoms. The Balaban J connectivity index is 1.82. The molecule has 0 fully saturated rings. The number of allylic oxidation sites excluding steroid dienone is 2. The molecule has 0 aromatic heterocycles. The fraction of sp³-hybridized carbons (Fsp3) is 0.400. The van der Waals surface area contributed by atoms with Gasteiger partial charge in [0.25, 0.3) is 0 Å². The zero-order valence-electron chi connectivity index (χ0n) is 10.9. The first kappa shape index (κ1) is 14.6. The summed E-state index contributed by atoms with van der Waals surface area (Å²) in [6.45, 7) is 0.137. The predicted molar refractivity (Wildman–Crippen MR) is 70.2 cm³/mol. The molecule has 1 aromatic rings. The van der Waals surface area contributed by atoms with E-state index in [-0.39, 0.29) is 6.61 Å². The molecule has 0 unspecified atom stereocenters. The summed E-state index contributed by atoms with van der Waals surface area (Å²) in [4.78, 5) is 5.04. The Morgan fingerprint density at radius 1 is 1.15 bits per heavy atom. The van der Waals surface area contributed by atoms with E-state index in [1.54, 1.807) is 0 Å². The number of halogens is 3. The van der Waals surface area contributed by atoms with Crippen molar-refractivity contribution in [3.63, 3.8) is 0 Å². The van der Waals surface area contributed by atoms with Crippen molar-refractivity contribution >= 4 is 6.21 Å². The minimum Gasteiger partial charge on any atom is -0.390 e. The van der Waals surface area contributed by atoms with Crippen LogP contribution in [0, 0.1) is 0 Å². The smallest absolute Gasteiger partial charge is 0.390 e. The van der Waals surface area contributed by atoms with E-state index < -0.39 is 11.7 Å². The normalized spacial score (nSPS) is 16.2. The Bertz CT molecular complexity index is 489. The van der Waals surface area contributed by atoms with Crippen LogP contribution in [0.2, 0.25) is 0 Å². The molecule has 0 atom stereocenters. The summed E-state index contributed by atoms with van der Waals surface area (Å²) in [5.74, 6) is 0. The SMILES string of the molecule is FC(F)(F)c1ccc(CO/N=[C]\C2=CCCCC2)cc1. The third-order valence-corrected chi connectivity index (χ3v) is 3.06. The van der Waals surface area contributed by atoms with Crippen LogP contribution >= 0.6 is 0 Å². The molecule has 2 nitrogen and oxygen atoms in total. The van der Waals surface area contributed by atoms with Crippen LogP contribution < -0.4 is 0 Å². The van der Waals surface area contributed by atoms with Crippen LogP contribution in [0.1, 0.15) is 36.8 Å². The summed E-state index contributed by atoms with van der Waals surface area (Å²) in [6, 6.07) is 4.85.